The summed E-state index contributed by atoms with van der Waals surface area (Å²) in [6, 6.07) is 0. The van der Waals surface area contributed by atoms with Gasteiger partial charge in [0.1, 0.15) is 0 Å². The summed E-state index contributed by atoms with van der Waals surface area (Å²) < 4.78 is 0. The normalized spacial score (nSPS) is 39.4. The average Bonchev–Trinajstić information content (AvgIpc) is 1.84. The summed E-state index contributed by atoms with van der Waals surface area (Å²) in [5.74, 6) is 0. The molecule has 0 aromatic heterocycles. The Balaban J connectivity index is 2.73. The monoisotopic (exact) mass is 126 g/mol. The van der Waals surface area contributed by atoms with Crippen LogP contribution in [-0.2, 0) is 0 Å². The van der Waals surface area contributed by atoms with E-state index in [2.05, 4.69) is 20.4 Å². The second-order valence-electron chi connectivity index (χ2n) is 3.51. The Morgan fingerprint density at radius 1 is 1.44 bits per heavy atom. The Morgan fingerprint density at radius 3 is 2.00 bits per heavy atom. The Morgan fingerprint density at radius 2 is 2.00 bits per heavy atom. The highest BCUT2D eigenvalue weighted by Crippen LogP contribution is 2.49. The van der Waals surface area contributed by atoms with Gasteiger partial charge in [0.25, 0.3) is 0 Å². The third kappa shape index (κ3) is 0.715. The van der Waals surface area contributed by atoms with Crippen LogP contribution in [0.25, 0.3) is 0 Å². The second-order valence-corrected chi connectivity index (χ2v) is 3.51. The molecule has 0 bridgehead atoms. The van der Waals surface area contributed by atoms with Gasteiger partial charge in [0.05, 0.1) is 5.60 Å². The maximum atomic E-state index is 9.63. The lowest BCUT2D eigenvalue weighted by Crippen LogP contribution is -2.51. The van der Waals surface area contributed by atoms with Gasteiger partial charge in [-0.25, -0.2) is 0 Å². The van der Waals surface area contributed by atoms with Gasteiger partial charge >= 0.3 is 0 Å². The summed E-state index contributed by atoms with van der Waals surface area (Å²) in [5, 5.41) is 9.63. The molecule has 1 unspecified atom stereocenters. The van der Waals surface area contributed by atoms with E-state index >= 15 is 0 Å². The molecule has 1 rings (SSSR count). The Labute approximate surface area is 56.4 Å². The molecule has 0 saturated heterocycles. The van der Waals surface area contributed by atoms with Crippen LogP contribution in [0.2, 0.25) is 0 Å². The van der Waals surface area contributed by atoms with Crippen LogP contribution in [0.15, 0.2) is 12.7 Å². The van der Waals surface area contributed by atoms with Crippen molar-refractivity contribution < 1.29 is 5.11 Å². The van der Waals surface area contributed by atoms with Crippen LogP contribution in [0.3, 0.4) is 0 Å². The first-order valence-corrected chi connectivity index (χ1v) is 3.38. The van der Waals surface area contributed by atoms with Crippen LogP contribution in [0.5, 0.6) is 0 Å². The van der Waals surface area contributed by atoms with Crippen LogP contribution in [0.1, 0.15) is 26.7 Å². The van der Waals surface area contributed by atoms with Gasteiger partial charge in [-0.05, 0) is 18.3 Å². The van der Waals surface area contributed by atoms with E-state index in [0.29, 0.717) is 0 Å². The molecule has 0 aliphatic heterocycles. The van der Waals surface area contributed by atoms with Gasteiger partial charge in [0.15, 0.2) is 0 Å². The van der Waals surface area contributed by atoms with Crippen molar-refractivity contribution in [2.75, 3.05) is 0 Å². The van der Waals surface area contributed by atoms with Gasteiger partial charge in [0, 0.05) is 0 Å². The zero-order valence-corrected chi connectivity index (χ0v) is 6.15. The van der Waals surface area contributed by atoms with Crippen LogP contribution in [-0.4, -0.2) is 10.7 Å². The molecule has 1 N–H and O–H groups in total. The second kappa shape index (κ2) is 1.60. The fourth-order valence-corrected chi connectivity index (χ4v) is 1.26. The van der Waals surface area contributed by atoms with Crippen molar-refractivity contribution in [1.29, 1.82) is 0 Å². The lowest BCUT2D eigenvalue weighted by Gasteiger charge is -2.50. The lowest BCUT2D eigenvalue weighted by atomic mass is 9.59. The summed E-state index contributed by atoms with van der Waals surface area (Å²) in [4.78, 5) is 0. The maximum Gasteiger partial charge on any atom is 0.0875 e. The molecule has 0 amide bonds. The van der Waals surface area contributed by atoms with Crippen molar-refractivity contribution in [2.24, 2.45) is 5.41 Å². The molecule has 0 radical (unpaired) electrons. The summed E-state index contributed by atoms with van der Waals surface area (Å²) in [6.45, 7) is 7.74. The topological polar surface area (TPSA) is 20.2 Å². The SMILES string of the molecule is C=CC1(O)CCC1(C)C. The number of aliphatic hydroxyl groups is 1. The lowest BCUT2D eigenvalue weighted by molar-refractivity contribution is -0.108. The van der Waals surface area contributed by atoms with Crippen LogP contribution in [0.4, 0.5) is 0 Å². The quantitative estimate of drug-likeness (QED) is 0.530. The van der Waals surface area contributed by atoms with E-state index in [4.69, 9.17) is 0 Å². The Bertz CT molecular complexity index is 138. The minimum Gasteiger partial charge on any atom is -0.385 e. The first-order valence-electron chi connectivity index (χ1n) is 3.38. The van der Waals surface area contributed by atoms with Gasteiger partial charge in [-0.15, -0.1) is 6.58 Å². The summed E-state index contributed by atoms with van der Waals surface area (Å²) in [5.41, 5.74) is -0.512. The van der Waals surface area contributed by atoms with Crippen molar-refractivity contribution in [1.82, 2.24) is 0 Å². The molecule has 52 valence electrons. The summed E-state index contributed by atoms with van der Waals surface area (Å²) in [7, 11) is 0. The largest absolute Gasteiger partial charge is 0.385 e. The molecule has 0 heterocycles. The van der Waals surface area contributed by atoms with Crippen molar-refractivity contribution in [2.45, 2.75) is 32.3 Å². The van der Waals surface area contributed by atoms with E-state index in [1.54, 1.807) is 6.08 Å². The molecule has 1 fully saturated rings. The van der Waals surface area contributed by atoms with Crippen molar-refractivity contribution >= 4 is 0 Å². The van der Waals surface area contributed by atoms with E-state index < -0.39 is 5.60 Å². The van der Waals surface area contributed by atoms with Crippen LogP contribution >= 0.6 is 0 Å². The zero-order chi connectivity index (χ0) is 7.12. The highest BCUT2D eigenvalue weighted by molar-refractivity contribution is 5.12. The van der Waals surface area contributed by atoms with E-state index in [9.17, 15) is 5.11 Å². The van der Waals surface area contributed by atoms with Crippen LogP contribution in [0, 0.1) is 5.41 Å². The molecule has 9 heavy (non-hydrogen) atoms. The van der Waals surface area contributed by atoms with E-state index in [-0.39, 0.29) is 5.41 Å². The van der Waals surface area contributed by atoms with Gasteiger partial charge in [-0.1, -0.05) is 19.9 Å². The zero-order valence-electron chi connectivity index (χ0n) is 6.15. The fourth-order valence-electron chi connectivity index (χ4n) is 1.26. The molecule has 0 aromatic rings. The fraction of sp³-hybridized carbons (Fsp3) is 0.750. The van der Waals surface area contributed by atoms with E-state index in [1.165, 1.54) is 0 Å². The third-order valence-corrected chi connectivity index (χ3v) is 2.64. The molecule has 1 atom stereocenters. The summed E-state index contributed by atoms with van der Waals surface area (Å²) >= 11 is 0. The number of hydrogen-bond donors (Lipinski definition) is 1. The number of hydrogen-bond acceptors (Lipinski definition) is 1. The van der Waals surface area contributed by atoms with Gasteiger partial charge < -0.3 is 5.11 Å². The minimum absolute atomic E-state index is 0.0642. The molecule has 0 aromatic carbocycles. The van der Waals surface area contributed by atoms with Gasteiger partial charge in [-0.3, -0.25) is 0 Å². The minimum atomic E-state index is -0.576. The third-order valence-electron chi connectivity index (χ3n) is 2.64. The standard InChI is InChI=1S/C8H14O/c1-4-8(9)6-5-7(8,2)3/h4,9H,1,5-6H2,2-3H3. The number of rotatable bonds is 1. The smallest absolute Gasteiger partial charge is 0.0875 e. The predicted octanol–water partition coefficient (Wildman–Crippen LogP) is 1.72. The molecule has 0 spiro atoms. The van der Waals surface area contributed by atoms with Crippen molar-refractivity contribution in [3.63, 3.8) is 0 Å². The molecular weight excluding hydrogens is 112 g/mol. The van der Waals surface area contributed by atoms with Gasteiger partial charge in [-0.2, -0.15) is 0 Å². The Kier molecular flexibility index (Phi) is 1.21. The maximum absolute atomic E-state index is 9.63. The van der Waals surface area contributed by atoms with Crippen LogP contribution < -0.4 is 0 Å². The highest BCUT2D eigenvalue weighted by Gasteiger charge is 2.49. The molecular formula is C8H14O. The molecule has 1 heteroatoms. The molecule has 1 aliphatic carbocycles. The molecule has 1 saturated carbocycles. The van der Waals surface area contributed by atoms with Crippen molar-refractivity contribution in [3.05, 3.63) is 12.7 Å². The average molecular weight is 126 g/mol. The highest BCUT2D eigenvalue weighted by atomic mass is 16.3. The van der Waals surface area contributed by atoms with Crippen molar-refractivity contribution in [3.8, 4) is 0 Å². The molecule has 1 nitrogen and oxygen atoms in total. The summed E-state index contributed by atoms with van der Waals surface area (Å²) in [6.07, 6.45) is 3.65. The molecule has 1 aliphatic rings. The van der Waals surface area contributed by atoms with E-state index in [0.717, 1.165) is 12.8 Å². The first-order chi connectivity index (χ1) is 4.02. The van der Waals surface area contributed by atoms with Gasteiger partial charge in [0.2, 0.25) is 0 Å². The van der Waals surface area contributed by atoms with E-state index in [1.807, 2.05) is 0 Å². The predicted molar refractivity (Wildman–Crippen MR) is 38.2 cm³/mol. The Hall–Kier alpha value is -0.300. The first kappa shape index (κ1) is 6.81.